The highest BCUT2D eigenvalue weighted by molar-refractivity contribution is 7.13. The fourth-order valence-electron chi connectivity index (χ4n) is 0.816. The lowest BCUT2D eigenvalue weighted by atomic mass is 10.6. The maximum atomic E-state index is 5.34. The summed E-state index contributed by atoms with van der Waals surface area (Å²) in [5, 5.41) is 12.7. The van der Waals surface area contributed by atoms with Crippen molar-refractivity contribution in [1.82, 2.24) is 15.5 Å². The van der Waals surface area contributed by atoms with E-state index in [9.17, 15) is 0 Å². The summed E-state index contributed by atoms with van der Waals surface area (Å²) < 4.78 is 5.34. The molecule has 0 unspecified atom stereocenters. The fraction of sp³-hybridized carbons (Fsp3) is 0.556. The summed E-state index contributed by atoms with van der Waals surface area (Å²) in [6, 6.07) is 0. The summed E-state index contributed by atoms with van der Waals surface area (Å²) in [7, 11) is 0. The van der Waals surface area contributed by atoms with Crippen LogP contribution in [-0.4, -0.2) is 23.3 Å². The van der Waals surface area contributed by atoms with E-state index in [0.717, 1.165) is 18.1 Å². The van der Waals surface area contributed by atoms with E-state index in [0.29, 0.717) is 11.8 Å². The lowest BCUT2D eigenvalue weighted by molar-refractivity contribution is 0.357. The maximum Gasteiger partial charge on any atom is 0.294 e. The Balaban J connectivity index is 2.34. The van der Waals surface area contributed by atoms with E-state index in [1.807, 2.05) is 19.1 Å². The van der Waals surface area contributed by atoms with Crippen LogP contribution in [0.15, 0.2) is 12.2 Å². The molecule has 0 bridgehead atoms. The molecule has 0 spiro atoms. The molecule has 0 fully saturated rings. The van der Waals surface area contributed by atoms with Crippen LogP contribution in [-0.2, 0) is 6.54 Å². The molecule has 0 aliphatic rings. The van der Waals surface area contributed by atoms with Gasteiger partial charge in [0.1, 0.15) is 11.6 Å². The minimum Gasteiger partial charge on any atom is -0.465 e. The first-order valence-corrected chi connectivity index (χ1v) is 5.45. The molecule has 0 aliphatic heterocycles. The molecule has 0 amide bonds. The third kappa shape index (κ3) is 3.85. The van der Waals surface area contributed by atoms with E-state index in [1.165, 1.54) is 11.3 Å². The van der Waals surface area contributed by atoms with Crippen LogP contribution in [0.3, 0.4) is 0 Å². The van der Waals surface area contributed by atoms with Gasteiger partial charge in [-0.25, -0.2) is 0 Å². The van der Waals surface area contributed by atoms with E-state index in [-0.39, 0.29) is 0 Å². The summed E-state index contributed by atoms with van der Waals surface area (Å²) in [5.41, 5.74) is 0. The summed E-state index contributed by atoms with van der Waals surface area (Å²) in [5.74, 6) is 0. The van der Waals surface area contributed by atoms with Gasteiger partial charge in [0.05, 0.1) is 0 Å². The first-order valence-electron chi connectivity index (χ1n) is 4.63. The van der Waals surface area contributed by atoms with Crippen molar-refractivity contribution in [1.29, 1.82) is 0 Å². The zero-order valence-corrected chi connectivity index (χ0v) is 9.30. The summed E-state index contributed by atoms with van der Waals surface area (Å²) in [6.45, 7) is 6.28. The molecule has 0 aliphatic carbocycles. The van der Waals surface area contributed by atoms with Crippen LogP contribution in [0.25, 0.3) is 0 Å². The van der Waals surface area contributed by atoms with Crippen LogP contribution < -0.4 is 10.1 Å². The van der Waals surface area contributed by atoms with Crippen molar-refractivity contribution in [2.45, 2.75) is 20.4 Å². The quantitative estimate of drug-likeness (QED) is 0.729. The van der Waals surface area contributed by atoms with Gasteiger partial charge in [0.25, 0.3) is 5.19 Å². The van der Waals surface area contributed by atoms with Crippen LogP contribution in [0.1, 0.15) is 18.9 Å². The number of hydrogen-bond acceptors (Lipinski definition) is 5. The van der Waals surface area contributed by atoms with E-state index in [4.69, 9.17) is 4.74 Å². The lowest BCUT2D eigenvalue weighted by Gasteiger charge is -1.94. The SMILES string of the molecule is C/C=C/COc1nnc(CNCC)s1. The van der Waals surface area contributed by atoms with E-state index in [1.54, 1.807) is 0 Å². The summed E-state index contributed by atoms with van der Waals surface area (Å²) >= 11 is 1.48. The predicted molar refractivity (Wildman–Crippen MR) is 57.6 cm³/mol. The molecule has 1 N–H and O–H groups in total. The van der Waals surface area contributed by atoms with Crippen molar-refractivity contribution < 1.29 is 4.74 Å². The molecule has 1 aromatic rings. The number of nitrogens with one attached hydrogen (secondary N) is 1. The molecule has 1 heterocycles. The second kappa shape index (κ2) is 6.50. The molecule has 0 saturated carbocycles. The number of hydrogen-bond donors (Lipinski definition) is 1. The molecule has 4 nitrogen and oxygen atoms in total. The summed E-state index contributed by atoms with van der Waals surface area (Å²) in [4.78, 5) is 0. The highest BCUT2D eigenvalue weighted by Gasteiger charge is 2.02. The van der Waals surface area contributed by atoms with Gasteiger partial charge >= 0.3 is 0 Å². The normalized spacial score (nSPS) is 11.0. The Labute approximate surface area is 88.0 Å². The molecular weight excluding hydrogens is 198 g/mol. The molecule has 0 aromatic carbocycles. The van der Waals surface area contributed by atoms with Crippen molar-refractivity contribution in [3.05, 3.63) is 17.2 Å². The topological polar surface area (TPSA) is 47.0 Å². The summed E-state index contributed by atoms with van der Waals surface area (Å²) in [6.07, 6.45) is 3.88. The maximum absolute atomic E-state index is 5.34. The van der Waals surface area contributed by atoms with E-state index < -0.39 is 0 Å². The van der Waals surface area contributed by atoms with Crippen LogP contribution in [0.4, 0.5) is 0 Å². The van der Waals surface area contributed by atoms with Gasteiger partial charge in [0.2, 0.25) is 0 Å². The molecule has 5 heteroatoms. The van der Waals surface area contributed by atoms with Crippen molar-refractivity contribution in [2.24, 2.45) is 0 Å². The molecular formula is C9H15N3OS. The van der Waals surface area contributed by atoms with E-state index in [2.05, 4.69) is 22.4 Å². The first kappa shape index (κ1) is 11.1. The Morgan fingerprint density at radius 1 is 1.50 bits per heavy atom. The minimum atomic E-state index is 0.562. The Kier molecular flexibility index (Phi) is 5.17. The number of ether oxygens (including phenoxy) is 1. The fourth-order valence-corrected chi connectivity index (χ4v) is 1.48. The molecule has 0 radical (unpaired) electrons. The molecule has 1 aromatic heterocycles. The molecule has 78 valence electrons. The third-order valence-corrected chi connectivity index (χ3v) is 2.35. The van der Waals surface area contributed by atoms with Gasteiger partial charge in [-0.15, -0.1) is 5.10 Å². The number of aromatic nitrogens is 2. The van der Waals surface area contributed by atoms with Gasteiger partial charge < -0.3 is 10.1 Å². The van der Waals surface area contributed by atoms with Gasteiger partial charge in [-0.05, 0) is 13.5 Å². The Morgan fingerprint density at radius 2 is 2.36 bits per heavy atom. The lowest BCUT2D eigenvalue weighted by Crippen LogP contribution is -2.11. The smallest absolute Gasteiger partial charge is 0.294 e. The van der Waals surface area contributed by atoms with Crippen molar-refractivity contribution >= 4 is 11.3 Å². The van der Waals surface area contributed by atoms with Crippen LogP contribution in [0, 0.1) is 0 Å². The first-order chi connectivity index (χ1) is 6.86. The second-order valence-corrected chi connectivity index (χ2v) is 3.65. The van der Waals surface area contributed by atoms with Gasteiger partial charge in [-0.3, -0.25) is 0 Å². The number of allylic oxidation sites excluding steroid dienone is 1. The largest absolute Gasteiger partial charge is 0.465 e. The zero-order valence-electron chi connectivity index (χ0n) is 8.49. The van der Waals surface area contributed by atoms with Gasteiger partial charge in [0.15, 0.2) is 0 Å². The van der Waals surface area contributed by atoms with Crippen molar-refractivity contribution in [2.75, 3.05) is 13.2 Å². The van der Waals surface area contributed by atoms with Crippen LogP contribution in [0.5, 0.6) is 5.19 Å². The van der Waals surface area contributed by atoms with Crippen molar-refractivity contribution in [3.8, 4) is 5.19 Å². The highest BCUT2D eigenvalue weighted by Crippen LogP contribution is 2.17. The van der Waals surface area contributed by atoms with Crippen LogP contribution in [0.2, 0.25) is 0 Å². The minimum absolute atomic E-state index is 0.562. The number of rotatable bonds is 6. The van der Waals surface area contributed by atoms with Gasteiger partial charge in [-0.1, -0.05) is 35.5 Å². The van der Waals surface area contributed by atoms with E-state index >= 15 is 0 Å². The number of nitrogens with zero attached hydrogens (tertiary/aromatic N) is 2. The molecule has 0 saturated heterocycles. The highest BCUT2D eigenvalue weighted by atomic mass is 32.1. The Bertz CT molecular complexity index is 285. The standard InChI is InChI=1S/C9H15N3OS/c1-3-5-6-13-9-12-11-8(14-9)7-10-4-2/h3,5,10H,4,6-7H2,1-2H3/b5-3+. The van der Waals surface area contributed by atoms with Crippen molar-refractivity contribution in [3.63, 3.8) is 0 Å². The average Bonchev–Trinajstić information content (AvgIpc) is 2.63. The molecule has 1 rings (SSSR count). The third-order valence-electron chi connectivity index (χ3n) is 1.51. The van der Waals surface area contributed by atoms with Crippen LogP contribution >= 0.6 is 11.3 Å². The molecule has 0 atom stereocenters. The van der Waals surface area contributed by atoms with Gasteiger partial charge in [-0.2, -0.15) is 0 Å². The monoisotopic (exact) mass is 213 g/mol. The Morgan fingerprint density at radius 3 is 3.07 bits per heavy atom. The zero-order chi connectivity index (χ0) is 10.2. The second-order valence-electron chi connectivity index (χ2n) is 2.62. The van der Waals surface area contributed by atoms with Gasteiger partial charge in [0, 0.05) is 6.54 Å². The Hall–Kier alpha value is -0.940. The predicted octanol–water partition coefficient (Wildman–Crippen LogP) is 1.60. The average molecular weight is 213 g/mol. The molecule has 14 heavy (non-hydrogen) atoms.